The molecule has 2 N–H and O–H groups in total. The van der Waals surface area contributed by atoms with Crippen molar-refractivity contribution in [1.29, 1.82) is 0 Å². The fourth-order valence-corrected chi connectivity index (χ4v) is 2.10. The Morgan fingerprint density at radius 2 is 2.43 bits per heavy atom. The van der Waals surface area contributed by atoms with E-state index in [1.165, 1.54) is 18.6 Å². The van der Waals surface area contributed by atoms with Crippen molar-refractivity contribution in [3.8, 4) is 0 Å². The predicted octanol–water partition coefficient (Wildman–Crippen LogP) is 0.998. The van der Waals surface area contributed by atoms with E-state index < -0.39 is 0 Å². The number of rotatable bonds is 7. The second kappa shape index (κ2) is 7.12. The van der Waals surface area contributed by atoms with Gasteiger partial charge in [0.15, 0.2) is 0 Å². The van der Waals surface area contributed by atoms with Gasteiger partial charge in [-0.15, -0.1) is 0 Å². The molecule has 1 fully saturated rings. The van der Waals surface area contributed by atoms with Crippen LogP contribution in [0.1, 0.15) is 25.7 Å². The Labute approximate surface area is 90.4 Å². The van der Waals surface area contributed by atoms with Crippen LogP contribution in [-0.4, -0.2) is 37.0 Å². The SMILES string of the molecule is CSCCCCNCC1CCC(=O)N1. The monoisotopic (exact) mass is 216 g/mol. The van der Waals surface area contributed by atoms with Crippen molar-refractivity contribution < 1.29 is 4.79 Å². The van der Waals surface area contributed by atoms with Crippen LogP contribution in [0.5, 0.6) is 0 Å². The van der Waals surface area contributed by atoms with Crippen LogP contribution in [-0.2, 0) is 4.79 Å². The molecule has 0 aromatic rings. The van der Waals surface area contributed by atoms with Gasteiger partial charge < -0.3 is 10.6 Å². The number of carbonyl (C=O) groups is 1. The second-order valence-corrected chi connectivity index (χ2v) is 4.69. The summed E-state index contributed by atoms with van der Waals surface area (Å²) in [5, 5.41) is 6.33. The Hall–Kier alpha value is -0.220. The quantitative estimate of drug-likeness (QED) is 0.624. The van der Waals surface area contributed by atoms with Gasteiger partial charge in [-0.05, 0) is 37.8 Å². The van der Waals surface area contributed by atoms with Gasteiger partial charge in [-0.2, -0.15) is 11.8 Å². The zero-order valence-corrected chi connectivity index (χ0v) is 9.66. The Morgan fingerprint density at radius 3 is 3.07 bits per heavy atom. The molecule has 1 amide bonds. The standard InChI is InChI=1S/C10H20N2OS/c1-14-7-3-2-6-11-8-9-4-5-10(13)12-9/h9,11H,2-8H2,1H3,(H,12,13). The lowest BCUT2D eigenvalue weighted by atomic mass is 10.2. The van der Waals surface area contributed by atoms with Crippen molar-refractivity contribution in [2.45, 2.75) is 31.7 Å². The van der Waals surface area contributed by atoms with Crippen LogP contribution in [0.15, 0.2) is 0 Å². The molecule has 14 heavy (non-hydrogen) atoms. The summed E-state index contributed by atoms with van der Waals surface area (Å²) in [6.45, 7) is 2.01. The van der Waals surface area contributed by atoms with E-state index >= 15 is 0 Å². The van der Waals surface area contributed by atoms with E-state index in [4.69, 9.17) is 0 Å². The van der Waals surface area contributed by atoms with Crippen molar-refractivity contribution in [3.05, 3.63) is 0 Å². The average molecular weight is 216 g/mol. The topological polar surface area (TPSA) is 41.1 Å². The van der Waals surface area contributed by atoms with Gasteiger partial charge in [0.05, 0.1) is 0 Å². The molecule has 0 aromatic heterocycles. The lowest BCUT2D eigenvalue weighted by Gasteiger charge is -2.10. The van der Waals surface area contributed by atoms with Crippen molar-refractivity contribution >= 4 is 17.7 Å². The zero-order chi connectivity index (χ0) is 10.2. The predicted molar refractivity (Wildman–Crippen MR) is 61.7 cm³/mol. The van der Waals surface area contributed by atoms with E-state index in [1.807, 2.05) is 11.8 Å². The maximum Gasteiger partial charge on any atom is 0.220 e. The molecule has 4 heteroatoms. The highest BCUT2D eigenvalue weighted by atomic mass is 32.2. The summed E-state index contributed by atoms with van der Waals surface area (Å²) in [5.41, 5.74) is 0. The highest BCUT2D eigenvalue weighted by molar-refractivity contribution is 7.98. The van der Waals surface area contributed by atoms with Crippen LogP contribution in [0.25, 0.3) is 0 Å². The first kappa shape index (κ1) is 11.9. The van der Waals surface area contributed by atoms with E-state index in [1.54, 1.807) is 0 Å². The van der Waals surface area contributed by atoms with Crippen molar-refractivity contribution in [2.75, 3.05) is 25.1 Å². The zero-order valence-electron chi connectivity index (χ0n) is 8.84. The van der Waals surface area contributed by atoms with Gasteiger partial charge >= 0.3 is 0 Å². The molecule has 3 nitrogen and oxygen atoms in total. The van der Waals surface area contributed by atoms with Gasteiger partial charge in [-0.1, -0.05) is 0 Å². The third-order valence-corrected chi connectivity index (χ3v) is 3.12. The number of hydrogen-bond donors (Lipinski definition) is 2. The minimum atomic E-state index is 0.208. The molecule has 1 aliphatic heterocycles. The molecule has 0 spiro atoms. The molecule has 1 heterocycles. The first-order valence-electron chi connectivity index (χ1n) is 5.32. The van der Waals surface area contributed by atoms with Gasteiger partial charge in [-0.25, -0.2) is 0 Å². The maximum atomic E-state index is 10.9. The molecule has 1 unspecified atom stereocenters. The molecular formula is C10H20N2OS. The van der Waals surface area contributed by atoms with Crippen LogP contribution >= 0.6 is 11.8 Å². The number of unbranched alkanes of at least 4 members (excludes halogenated alkanes) is 1. The highest BCUT2D eigenvalue weighted by Crippen LogP contribution is 2.05. The summed E-state index contributed by atoms with van der Waals surface area (Å²) in [7, 11) is 0. The summed E-state index contributed by atoms with van der Waals surface area (Å²) in [5.74, 6) is 1.46. The van der Waals surface area contributed by atoms with Gasteiger partial charge in [-0.3, -0.25) is 4.79 Å². The number of carbonyl (C=O) groups excluding carboxylic acids is 1. The lowest BCUT2D eigenvalue weighted by molar-refractivity contribution is -0.119. The minimum Gasteiger partial charge on any atom is -0.352 e. The van der Waals surface area contributed by atoms with Gasteiger partial charge in [0, 0.05) is 19.0 Å². The Bertz CT molecular complexity index is 176. The number of nitrogens with one attached hydrogen (secondary N) is 2. The molecule has 1 atom stereocenters. The Kier molecular flexibility index (Phi) is 6.03. The summed E-state index contributed by atoms with van der Waals surface area (Å²) < 4.78 is 0. The van der Waals surface area contributed by atoms with Gasteiger partial charge in [0.2, 0.25) is 5.91 Å². The molecule has 1 rings (SSSR count). The molecule has 1 saturated heterocycles. The fraction of sp³-hybridized carbons (Fsp3) is 0.900. The van der Waals surface area contributed by atoms with Gasteiger partial charge in [0.1, 0.15) is 0 Å². The molecule has 0 radical (unpaired) electrons. The maximum absolute atomic E-state index is 10.9. The van der Waals surface area contributed by atoms with Crippen LogP contribution in [0.4, 0.5) is 0 Å². The normalized spacial score (nSPS) is 21.2. The highest BCUT2D eigenvalue weighted by Gasteiger charge is 2.19. The molecule has 0 saturated carbocycles. The van der Waals surface area contributed by atoms with Crippen LogP contribution in [0.2, 0.25) is 0 Å². The third kappa shape index (κ3) is 4.86. The van der Waals surface area contributed by atoms with Crippen LogP contribution in [0.3, 0.4) is 0 Å². The minimum absolute atomic E-state index is 0.208. The summed E-state index contributed by atoms with van der Waals surface area (Å²) in [4.78, 5) is 10.9. The van der Waals surface area contributed by atoms with E-state index in [2.05, 4.69) is 16.9 Å². The lowest BCUT2D eigenvalue weighted by Crippen LogP contribution is -2.35. The largest absolute Gasteiger partial charge is 0.352 e. The summed E-state index contributed by atoms with van der Waals surface area (Å²) in [6.07, 6.45) is 6.36. The number of thioether (sulfide) groups is 1. The summed E-state index contributed by atoms with van der Waals surface area (Å²) in [6, 6.07) is 0.378. The molecule has 0 aliphatic carbocycles. The molecule has 0 bridgehead atoms. The first-order valence-corrected chi connectivity index (χ1v) is 6.71. The van der Waals surface area contributed by atoms with Crippen molar-refractivity contribution in [1.82, 2.24) is 10.6 Å². The average Bonchev–Trinajstić information content (AvgIpc) is 2.58. The molecule has 1 aliphatic rings. The van der Waals surface area contributed by atoms with Crippen molar-refractivity contribution in [2.24, 2.45) is 0 Å². The third-order valence-electron chi connectivity index (χ3n) is 2.43. The smallest absolute Gasteiger partial charge is 0.220 e. The van der Waals surface area contributed by atoms with E-state index in [9.17, 15) is 4.79 Å². The Balaban J connectivity index is 1.86. The van der Waals surface area contributed by atoms with Crippen LogP contribution in [0, 0.1) is 0 Å². The summed E-state index contributed by atoms with van der Waals surface area (Å²) >= 11 is 1.90. The van der Waals surface area contributed by atoms with E-state index in [-0.39, 0.29) is 5.91 Å². The fourth-order valence-electron chi connectivity index (χ4n) is 1.60. The van der Waals surface area contributed by atoms with E-state index in [0.29, 0.717) is 12.5 Å². The van der Waals surface area contributed by atoms with Crippen LogP contribution < -0.4 is 10.6 Å². The molecule has 0 aromatic carbocycles. The van der Waals surface area contributed by atoms with Crippen molar-refractivity contribution in [3.63, 3.8) is 0 Å². The van der Waals surface area contributed by atoms with Gasteiger partial charge in [0.25, 0.3) is 0 Å². The number of hydrogen-bond acceptors (Lipinski definition) is 3. The molecule has 82 valence electrons. The Morgan fingerprint density at radius 1 is 1.57 bits per heavy atom. The van der Waals surface area contributed by atoms with E-state index in [0.717, 1.165) is 19.5 Å². The number of amides is 1. The molecular weight excluding hydrogens is 196 g/mol. The second-order valence-electron chi connectivity index (χ2n) is 3.71. The first-order chi connectivity index (χ1) is 6.83.